The normalized spacial score (nSPS) is 12.8. The Labute approximate surface area is 143 Å². The minimum atomic E-state index is -1.37. The number of carbonyl (C=O) groups excluding carboxylic acids is 3. The average molecular weight is 363 g/mol. The average Bonchev–Trinajstić information content (AvgIpc) is 2.53. The molecule has 0 radical (unpaired) electrons. The van der Waals surface area contributed by atoms with Gasteiger partial charge < -0.3 is 21.3 Å². The van der Waals surface area contributed by atoms with Crippen molar-refractivity contribution in [1.82, 2.24) is 10.2 Å². The predicted octanol–water partition coefficient (Wildman–Crippen LogP) is -1.56. The quantitative estimate of drug-likeness (QED) is 0.291. The van der Waals surface area contributed by atoms with E-state index in [-0.39, 0.29) is 25.0 Å². The van der Waals surface area contributed by atoms with Crippen LogP contribution in [-0.2, 0) is 24.0 Å². The van der Waals surface area contributed by atoms with E-state index >= 15 is 0 Å². The fourth-order valence-electron chi connectivity index (χ4n) is 1.67. The number of amides is 3. The van der Waals surface area contributed by atoms with Gasteiger partial charge in [-0.15, -0.1) is 0 Å². The molecule has 11 heteroatoms. The molecule has 0 aliphatic rings. The molecular weight excluding hydrogens is 342 g/mol. The monoisotopic (exact) mass is 363 g/mol. The summed E-state index contributed by atoms with van der Waals surface area (Å²) in [6, 6.07) is -2.43. The van der Waals surface area contributed by atoms with E-state index in [1.165, 1.54) is 6.92 Å². The molecule has 0 bridgehead atoms. The molecule has 0 aromatic rings. The number of aliphatic carboxylic acids is 2. The van der Waals surface area contributed by atoms with Crippen molar-refractivity contribution in [2.75, 3.05) is 12.3 Å². The van der Waals surface area contributed by atoms with E-state index in [1.807, 2.05) is 0 Å². The molecule has 0 aromatic carbocycles. The van der Waals surface area contributed by atoms with E-state index in [9.17, 15) is 24.0 Å². The standard InChI is InChI=1S/C13H21N3O7S/c1-2-10(18)16(5-11(19)20)12(21)8(6-24)15-9(17)4-3-7(14)13(22)23/h7-8,24H,2-6,14H2,1H3,(H,15,17)(H,19,20)(H,22,23). The molecule has 136 valence electrons. The molecule has 10 nitrogen and oxygen atoms in total. The molecule has 24 heavy (non-hydrogen) atoms. The third-order valence-electron chi connectivity index (χ3n) is 2.98. The van der Waals surface area contributed by atoms with Crippen LogP contribution in [0.3, 0.4) is 0 Å². The van der Waals surface area contributed by atoms with Gasteiger partial charge in [0.1, 0.15) is 18.6 Å². The third-order valence-corrected chi connectivity index (χ3v) is 3.34. The highest BCUT2D eigenvalue weighted by Crippen LogP contribution is 2.03. The molecule has 2 atom stereocenters. The Morgan fingerprint density at radius 1 is 1.21 bits per heavy atom. The maximum absolute atomic E-state index is 12.3. The van der Waals surface area contributed by atoms with Gasteiger partial charge in [-0.05, 0) is 6.42 Å². The zero-order valence-electron chi connectivity index (χ0n) is 13.1. The maximum atomic E-state index is 12.3. The molecular formula is C13H21N3O7S. The summed E-state index contributed by atoms with van der Waals surface area (Å²) >= 11 is 3.91. The highest BCUT2D eigenvalue weighted by atomic mass is 32.1. The van der Waals surface area contributed by atoms with Crippen molar-refractivity contribution in [3.63, 3.8) is 0 Å². The minimum absolute atomic E-state index is 0.0836. The molecule has 3 amide bonds. The first-order valence-electron chi connectivity index (χ1n) is 7.08. The third kappa shape index (κ3) is 7.42. The summed E-state index contributed by atoms with van der Waals surface area (Å²) in [5.41, 5.74) is 5.27. The zero-order chi connectivity index (χ0) is 18.9. The molecule has 0 fully saturated rings. The summed E-state index contributed by atoms with van der Waals surface area (Å²) in [6.45, 7) is 0.640. The van der Waals surface area contributed by atoms with Gasteiger partial charge in [-0.1, -0.05) is 6.92 Å². The fourth-order valence-corrected chi connectivity index (χ4v) is 1.91. The molecule has 0 saturated heterocycles. The van der Waals surface area contributed by atoms with Crippen molar-refractivity contribution < 1.29 is 34.2 Å². The van der Waals surface area contributed by atoms with Crippen LogP contribution in [-0.4, -0.2) is 69.2 Å². The van der Waals surface area contributed by atoms with Crippen LogP contribution in [0, 0.1) is 0 Å². The number of thiol groups is 1. The van der Waals surface area contributed by atoms with E-state index in [0.29, 0.717) is 4.90 Å². The van der Waals surface area contributed by atoms with Crippen LogP contribution >= 0.6 is 12.6 Å². The summed E-state index contributed by atoms with van der Waals surface area (Å²) < 4.78 is 0. The molecule has 0 aromatic heterocycles. The van der Waals surface area contributed by atoms with Crippen LogP contribution in [0.4, 0.5) is 0 Å². The lowest BCUT2D eigenvalue weighted by molar-refractivity contribution is -0.153. The van der Waals surface area contributed by atoms with Gasteiger partial charge in [-0.25, -0.2) is 0 Å². The smallest absolute Gasteiger partial charge is 0.323 e. The van der Waals surface area contributed by atoms with E-state index in [2.05, 4.69) is 17.9 Å². The lowest BCUT2D eigenvalue weighted by Crippen LogP contribution is -2.52. The van der Waals surface area contributed by atoms with E-state index < -0.39 is 48.3 Å². The summed E-state index contributed by atoms with van der Waals surface area (Å²) in [5.74, 6) is -5.04. The Kier molecular flexibility index (Phi) is 9.65. The van der Waals surface area contributed by atoms with Crippen molar-refractivity contribution in [1.29, 1.82) is 0 Å². The summed E-state index contributed by atoms with van der Waals surface area (Å²) in [6.07, 6.45) is -0.465. The Morgan fingerprint density at radius 3 is 2.21 bits per heavy atom. The molecule has 0 aliphatic heterocycles. The van der Waals surface area contributed by atoms with Crippen LogP contribution in [0.1, 0.15) is 26.2 Å². The number of hydrogen-bond acceptors (Lipinski definition) is 7. The number of hydrogen-bond donors (Lipinski definition) is 5. The van der Waals surface area contributed by atoms with Crippen LogP contribution in [0.2, 0.25) is 0 Å². The van der Waals surface area contributed by atoms with Crippen molar-refractivity contribution in [3.05, 3.63) is 0 Å². The number of nitrogens with two attached hydrogens (primary N) is 1. The van der Waals surface area contributed by atoms with Crippen LogP contribution < -0.4 is 11.1 Å². The van der Waals surface area contributed by atoms with Crippen LogP contribution in [0.5, 0.6) is 0 Å². The molecule has 5 N–H and O–H groups in total. The number of carboxylic acids is 2. The topological polar surface area (TPSA) is 167 Å². The van der Waals surface area contributed by atoms with Gasteiger partial charge in [0.2, 0.25) is 11.8 Å². The number of carboxylic acid groups (broad SMARTS) is 2. The predicted molar refractivity (Wildman–Crippen MR) is 85.3 cm³/mol. The lowest BCUT2D eigenvalue weighted by atomic mass is 10.1. The second kappa shape index (κ2) is 10.6. The zero-order valence-corrected chi connectivity index (χ0v) is 14.0. The van der Waals surface area contributed by atoms with Gasteiger partial charge in [0.15, 0.2) is 0 Å². The number of rotatable bonds is 10. The highest BCUT2D eigenvalue weighted by Gasteiger charge is 2.30. The van der Waals surface area contributed by atoms with Gasteiger partial charge in [0, 0.05) is 18.6 Å². The summed E-state index contributed by atoms with van der Waals surface area (Å²) in [5, 5.41) is 19.7. The maximum Gasteiger partial charge on any atom is 0.323 e. The first kappa shape index (κ1) is 21.9. The molecule has 0 spiro atoms. The van der Waals surface area contributed by atoms with Gasteiger partial charge in [0.05, 0.1) is 0 Å². The van der Waals surface area contributed by atoms with Crippen molar-refractivity contribution in [2.24, 2.45) is 5.73 Å². The summed E-state index contributed by atoms with van der Waals surface area (Å²) in [4.78, 5) is 57.6. The Balaban J connectivity index is 4.87. The lowest BCUT2D eigenvalue weighted by Gasteiger charge is -2.24. The SMILES string of the molecule is CCC(=O)N(CC(=O)O)C(=O)C(CS)NC(=O)CCC(N)C(=O)O. The first-order valence-corrected chi connectivity index (χ1v) is 7.71. The highest BCUT2D eigenvalue weighted by molar-refractivity contribution is 7.80. The first-order chi connectivity index (χ1) is 11.1. The van der Waals surface area contributed by atoms with E-state index in [1.54, 1.807) is 0 Å². The van der Waals surface area contributed by atoms with Crippen LogP contribution in [0.25, 0.3) is 0 Å². The largest absolute Gasteiger partial charge is 0.480 e. The van der Waals surface area contributed by atoms with E-state index in [0.717, 1.165) is 0 Å². The molecule has 2 unspecified atom stereocenters. The minimum Gasteiger partial charge on any atom is -0.480 e. The Morgan fingerprint density at radius 2 is 1.79 bits per heavy atom. The van der Waals surface area contributed by atoms with E-state index in [4.69, 9.17) is 15.9 Å². The van der Waals surface area contributed by atoms with Crippen LogP contribution in [0.15, 0.2) is 0 Å². The molecule has 0 rings (SSSR count). The number of nitrogens with one attached hydrogen (secondary N) is 1. The summed E-state index contributed by atoms with van der Waals surface area (Å²) in [7, 11) is 0. The molecule has 0 heterocycles. The van der Waals surface area contributed by atoms with Gasteiger partial charge in [-0.3, -0.25) is 28.9 Å². The number of carbonyl (C=O) groups is 5. The van der Waals surface area contributed by atoms with Crippen molar-refractivity contribution in [2.45, 2.75) is 38.3 Å². The second-order valence-corrected chi connectivity index (χ2v) is 5.22. The second-order valence-electron chi connectivity index (χ2n) is 4.85. The Bertz CT molecular complexity index is 512. The van der Waals surface area contributed by atoms with Crippen molar-refractivity contribution in [3.8, 4) is 0 Å². The number of imide groups is 1. The van der Waals surface area contributed by atoms with Gasteiger partial charge >= 0.3 is 11.9 Å². The van der Waals surface area contributed by atoms with Crippen molar-refractivity contribution >= 4 is 42.3 Å². The Hall–Kier alpha value is -2.14. The number of nitrogens with zero attached hydrogens (tertiary/aromatic N) is 1. The van der Waals surface area contributed by atoms with Gasteiger partial charge in [0.25, 0.3) is 5.91 Å². The fraction of sp³-hybridized carbons (Fsp3) is 0.615. The molecule has 0 saturated carbocycles. The van der Waals surface area contributed by atoms with Gasteiger partial charge in [-0.2, -0.15) is 12.6 Å². The molecule has 0 aliphatic carbocycles.